The van der Waals surface area contributed by atoms with Crippen LogP contribution in [0.3, 0.4) is 0 Å². The monoisotopic (exact) mass is 376 g/mol. The van der Waals surface area contributed by atoms with E-state index in [9.17, 15) is 18.0 Å². The van der Waals surface area contributed by atoms with Crippen molar-refractivity contribution in [3.05, 3.63) is 60.6 Å². The highest BCUT2D eigenvalue weighted by atomic mass is 19.4. The Morgan fingerprint density at radius 1 is 1.15 bits per heavy atom. The van der Waals surface area contributed by atoms with E-state index in [1.54, 1.807) is 11.1 Å². The normalized spacial score (nSPS) is 15.4. The molecule has 5 nitrogen and oxygen atoms in total. The number of likely N-dealkylation sites (tertiary alicyclic amines) is 1. The number of carbonyl (C=O) groups is 1. The van der Waals surface area contributed by atoms with Gasteiger partial charge in [-0.3, -0.25) is 9.78 Å². The van der Waals surface area contributed by atoms with Crippen molar-refractivity contribution < 1.29 is 18.0 Å². The lowest BCUT2D eigenvalue weighted by molar-refractivity contribution is -0.137. The molecule has 8 heteroatoms. The standard InChI is InChI=1S/C19H19F3N4O/c1-2-16(27)26-11-7-13(8-12-26)17-18(24-10-9-23-17)25-15-5-3-14(4-6-15)19(20,21)22/h2-6,9-10,13H,1,7-8,11-12H2,(H,24,25). The lowest BCUT2D eigenvalue weighted by atomic mass is 9.93. The van der Waals surface area contributed by atoms with Crippen LogP contribution in [0.25, 0.3) is 0 Å². The van der Waals surface area contributed by atoms with E-state index >= 15 is 0 Å². The zero-order chi connectivity index (χ0) is 19.4. The van der Waals surface area contributed by atoms with Crippen LogP contribution in [0.1, 0.15) is 30.0 Å². The van der Waals surface area contributed by atoms with Gasteiger partial charge in [-0.05, 0) is 43.2 Å². The molecule has 2 heterocycles. The van der Waals surface area contributed by atoms with Gasteiger partial charge in [-0.1, -0.05) is 6.58 Å². The molecular weight excluding hydrogens is 357 g/mol. The molecule has 27 heavy (non-hydrogen) atoms. The van der Waals surface area contributed by atoms with E-state index in [1.807, 2.05) is 0 Å². The second-order valence-corrected chi connectivity index (χ2v) is 6.29. The molecule has 1 aromatic carbocycles. The summed E-state index contributed by atoms with van der Waals surface area (Å²) in [5, 5.41) is 3.06. The summed E-state index contributed by atoms with van der Waals surface area (Å²) in [6.07, 6.45) is 1.54. The van der Waals surface area contributed by atoms with Crippen molar-refractivity contribution in [3.63, 3.8) is 0 Å². The van der Waals surface area contributed by atoms with Gasteiger partial charge in [0.15, 0.2) is 5.82 Å². The van der Waals surface area contributed by atoms with Gasteiger partial charge >= 0.3 is 6.18 Å². The van der Waals surface area contributed by atoms with Crippen LogP contribution in [-0.2, 0) is 11.0 Å². The molecule has 0 aliphatic carbocycles. The predicted molar refractivity (Wildman–Crippen MR) is 95.5 cm³/mol. The Morgan fingerprint density at radius 3 is 2.37 bits per heavy atom. The fourth-order valence-electron chi connectivity index (χ4n) is 3.13. The maximum Gasteiger partial charge on any atom is 0.416 e. The van der Waals surface area contributed by atoms with Crippen molar-refractivity contribution in [1.29, 1.82) is 0 Å². The quantitative estimate of drug-likeness (QED) is 0.815. The molecule has 0 radical (unpaired) electrons. The molecule has 0 unspecified atom stereocenters. The molecule has 1 aromatic heterocycles. The summed E-state index contributed by atoms with van der Waals surface area (Å²) < 4.78 is 38.1. The number of alkyl halides is 3. The van der Waals surface area contributed by atoms with Crippen molar-refractivity contribution in [3.8, 4) is 0 Å². The molecule has 1 amide bonds. The molecule has 1 fully saturated rings. The summed E-state index contributed by atoms with van der Waals surface area (Å²) >= 11 is 0. The van der Waals surface area contributed by atoms with Gasteiger partial charge in [0.1, 0.15) is 0 Å². The first kappa shape index (κ1) is 18.9. The van der Waals surface area contributed by atoms with Gasteiger partial charge in [0.2, 0.25) is 5.91 Å². The summed E-state index contributed by atoms with van der Waals surface area (Å²) in [5.41, 5.74) is 0.554. The van der Waals surface area contributed by atoms with Gasteiger partial charge in [-0.2, -0.15) is 13.2 Å². The fraction of sp³-hybridized carbons (Fsp3) is 0.316. The number of nitrogens with zero attached hydrogens (tertiary/aromatic N) is 3. The summed E-state index contributed by atoms with van der Waals surface area (Å²) in [7, 11) is 0. The SMILES string of the molecule is C=CC(=O)N1CCC(c2nccnc2Nc2ccc(C(F)(F)F)cc2)CC1. The Hall–Kier alpha value is -2.90. The highest BCUT2D eigenvalue weighted by Gasteiger charge is 2.30. The van der Waals surface area contributed by atoms with E-state index in [4.69, 9.17) is 0 Å². The number of halogens is 3. The van der Waals surface area contributed by atoms with Crippen LogP contribution >= 0.6 is 0 Å². The molecular formula is C19H19F3N4O. The third-order valence-corrected chi connectivity index (χ3v) is 4.57. The number of aromatic nitrogens is 2. The van der Waals surface area contributed by atoms with Crippen LogP contribution in [0.5, 0.6) is 0 Å². The number of nitrogens with one attached hydrogen (secondary N) is 1. The van der Waals surface area contributed by atoms with E-state index in [2.05, 4.69) is 21.9 Å². The average molecular weight is 376 g/mol. The van der Waals surface area contributed by atoms with E-state index < -0.39 is 11.7 Å². The number of anilines is 2. The third-order valence-electron chi connectivity index (χ3n) is 4.57. The largest absolute Gasteiger partial charge is 0.416 e. The van der Waals surface area contributed by atoms with Crippen molar-refractivity contribution in [2.24, 2.45) is 0 Å². The highest BCUT2D eigenvalue weighted by Crippen LogP contribution is 2.33. The van der Waals surface area contributed by atoms with Crippen LogP contribution in [0.15, 0.2) is 49.3 Å². The highest BCUT2D eigenvalue weighted by molar-refractivity contribution is 5.87. The first-order chi connectivity index (χ1) is 12.9. The van der Waals surface area contributed by atoms with Gasteiger partial charge in [-0.15, -0.1) is 0 Å². The van der Waals surface area contributed by atoms with Crippen LogP contribution in [0.4, 0.5) is 24.7 Å². The fourth-order valence-corrected chi connectivity index (χ4v) is 3.13. The average Bonchev–Trinajstić information content (AvgIpc) is 2.68. The molecule has 1 N–H and O–H groups in total. The number of rotatable bonds is 4. The van der Waals surface area contributed by atoms with Crippen LogP contribution < -0.4 is 5.32 Å². The van der Waals surface area contributed by atoms with Crippen LogP contribution in [0, 0.1) is 0 Å². The summed E-state index contributed by atoms with van der Waals surface area (Å²) in [6.45, 7) is 4.71. The third kappa shape index (κ3) is 4.45. The van der Waals surface area contributed by atoms with E-state index in [-0.39, 0.29) is 11.8 Å². The van der Waals surface area contributed by atoms with E-state index in [1.165, 1.54) is 24.4 Å². The molecule has 0 atom stereocenters. The Bertz CT molecular complexity index is 812. The molecule has 0 spiro atoms. The molecule has 2 aromatic rings. The second kappa shape index (κ2) is 7.77. The minimum atomic E-state index is -4.37. The number of carbonyl (C=O) groups excluding carboxylic acids is 1. The zero-order valence-electron chi connectivity index (χ0n) is 14.5. The lowest BCUT2D eigenvalue weighted by Crippen LogP contribution is -2.37. The number of piperidine rings is 1. The maximum atomic E-state index is 12.7. The van der Waals surface area contributed by atoms with E-state index in [0.29, 0.717) is 24.6 Å². The maximum absolute atomic E-state index is 12.7. The zero-order valence-corrected chi connectivity index (χ0v) is 14.5. The molecule has 3 rings (SSSR count). The number of benzene rings is 1. The van der Waals surface area contributed by atoms with Crippen LogP contribution in [0.2, 0.25) is 0 Å². The summed E-state index contributed by atoms with van der Waals surface area (Å²) in [4.78, 5) is 22.2. The minimum Gasteiger partial charge on any atom is -0.339 e. The second-order valence-electron chi connectivity index (χ2n) is 6.29. The molecule has 142 valence electrons. The van der Waals surface area contributed by atoms with Gasteiger partial charge < -0.3 is 10.2 Å². The summed E-state index contributed by atoms with van der Waals surface area (Å²) in [5.74, 6) is 0.547. The first-order valence-electron chi connectivity index (χ1n) is 8.55. The Morgan fingerprint density at radius 2 is 1.78 bits per heavy atom. The minimum absolute atomic E-state index is 0.0873. The molecule has 0 bridgehead atoms. The molecule has 0 saturated carbocycles. The Labute approximate surface area is 154 Å². The first-order valence-corrected chi connectivity index (χ1v) is 8.55. The summed E-state index contributed by atoms with van der Waals surface area (Å²) in [6, 6.07) is 4.79. The van der Waals surface area contributed by atoms with Crippen molar-refractivity contribution >= 4 is 17.4 Å². The van der Waals surface area contributed by atoms with Crippen molar-refractivity contribution in [2.75, 3.05) is 18.4 Å². The smallest absolute Gasteiger partial charge is 0.339 e. The lowest BCUT2D eigenvalue weighted by Gasteiger charge is -2.31. The van der Waals surface area contributed by atoms with Gasteiger partial charge in [0.25, 0.3) is 0 Å². The molecule has 1 saturated heterocycles. The van der Waals surface area contributed by atoms with Gasteiger partial charge in [0, 0.05) is 37.1 Å². The molecule has 1 aliphatic heterocycles. The topological polar surface area (TPSA) is 58.1 Å². The number of hydrogen-bond acceptors (Lipinski definition) is 4. The Kier molecular flexibility index (Phi) is 5.43. The Balaban J connectivity index is 1.73. The van der Waals surface area contributed by atoms with Crippen molar-refractivity contribution in [1.82, 2.24) is 14.9 Å². The molecule has 1 aliphatic rings. The number of amides is 1. The number of hydrogen-bond donors (Lipinski definition) is 1. The predicted octanol–water partition coefficient (Wildman–Crippen LogP) is 4.13. The van der Waals surface area contributed by atoms with Crippen LogP contribution in [-0.4, -0.2) is 33.9 Å². The van der Waals surface area contributed by atoms with Crippen molar-refractivity contribution in [2.45, 2.75) is 24.9 Å². The van der Waals surface area contributed by atoms with Gasteiger partial charge in [-0.25, -0.2) is 4.98 Å². The van der Waals surface area contributed by atoms with Gasteiger partial charge in [0.05, 0.1) is 11.3 Å². The van der Waals surface area contributed by atoms with E-state index in [0.717, 1.165) is 30.7 Å².